The van der Waals surface area contributed by atoms with E-state index in [1.165, 1.54) is 51.6 Å². The van der Waals surface area contributed by atoms with Crippen molar-refractivity contribution in [3.8, 4) is 0 Å². The van der Waals surface area contributed by atoms with Gasteiger partial charge in [-0.1, -0.05) is 12.8 Å². The maximum absolute atomic E-state index is 12.3. The zero-order valence-electron chi connectivity index (χ0n) is 13.3. The second-order valence-corrected chi connectivity index (χ2v) is 7.00. The van der Waals surface area contributed by atoms with Crippen molar-refractivity contribution in [1.29, 1.82) is 0 Å². The van der Waals surface area contributed by atoms with Crippen molar-refractivity contribution < 1.29 is 9.53 Å². The van der Waals surface area contributed by atoms with Crippen LogP contribution >= 0.6 is 0 Å². The first-order chi connectivity index (χ1) is 10.3. The van der Waals surface area contributed by atoms with E-state index in [1.807, 2.05) is 0 Å². The van der Waals surface area contributed by atoms with Crippen molar-refractivity contribution in [3.63, 3.8) is 0 Å². The van der Waals surface area contributed by atoms with Gasteiger partial charge in [0, 0.05) is 38.8 Å². The van der Waals surface area contributed by atoms with E-state index in [0.717, 1.165) is 38.8 Å². The van der Waals surface area contributed by atoms with Crippen LogP contribution in [0.2, 0.25) is 0 Å². The van der Waals surface area contributed by atoms with E-state index in [1.54, 1.807) is 0 Å². The maximum atomic E-state index is 12.3. The number of rotatable bonds is 3. The summed E-state index contributed by atoms with van der Waals surface area (Å²) in [7, 11) is 0. The molecule has 0 saturated carbocycles. The standard InChI is InChI=1S/C17H30N2O2/c20-17(13-15-7-12-21-14-15)19-10-5-16(6-11-19)18-8-3-1-2-4-9-18/h15-16H,1-14H2/t15-/m1/s1. The van der Waals surface area contributed by atoms with Gasteiger partial charge in [-0.05, 0) is 51.1 Å². The van der Waals surface area contributed by atoms with Crippen LogP contribution in [0, 0.1) is 5.92 Å². The molecule has 0 bridgehead atoms. The summed E-state index contributed by atoms with van der Waals surface area (Å²) in [6.07, 6.45) is 9.64. The van der Waals surface area contributed by atoms with Gasteiger partial charge in [0.25, 0.3) is 0 Å². The van der Waals surface area contributed by atoms with Gasteiger partial charge >= 0.3 is 0 Å². The quantitative estimate of drug-likeness (QED) is 0.800. The molecule has 3 aliphatic rings. The molecule has 3 fully saturated rings. The summed E-state index contributed by atoms with van der Waals surface area (Å²) in [5.74, 6) is 0.834. The van der Waals surface area contributed by atoms with Gasteiger partial charge in [0.05, 0.1) is 0 Å². The molecule has 0 aromatic heterocycles. The van der Waals surface area contributed by atoms with Gasteiger partial charge in [0.2, 0.25) is 5.91 Å². The minimum atomic E-state index is 0.361. The Morgan fingerprint density at radius 1 is 0.952 bits per heavy atom. The van der Waals surface area contributed by atoms with Gasteiger partial charge in [-0.15, -0.1) is 0 Å². The third-order valence-electron chi connectivity index (χ3n) is 5.46. The summed E-state index contributed by atoms with van der Waals surface area (Å²) in [6, 6.07) is 0.724. The number of carbonyl (C=O) groups is 1. The monoisotopic (exact) mass is 294 g/mol. The molecule has 1 atom stereocenters. The average molecular weight is 294 g/mol. The number of carbonyl (C=O) groups excluding carboxylic acids is 1. The van der Waals surface area contributed by atoms with Crippen LogP contribution < -0.4 is 0 Å². The van der Waals surface area contributed by atoms with Gasteiger partial charge in [0.15, 0.2) is 0 Å². The molecule has 4 nitrogen and oxygen atoms in total. The Labute approximate surface area is 128 Å². The lowest BCUT2D eigenvalue weighted by atomic mass is 10.00. The molecule has 1 amide bonds. The molecular weight excluding hydrogens is 264 g/mol. The van der Waals surface area contributed by atoms with Gasteiger partial charge in [-0.25, -0.2) is 0 Å². The van der Waals surface area contributed by atoms with Crippen LogP contribution in [0.4, 0.5) is 0 Å². The molecule has 3 aliphatic heterocycles. The fraction of sp³-hybridized carbons (Fsp3) is 0.941. The van der Waals surface area contributed by atoms with E-state index in [2.05, 4.69) is 9.80 Å². The van der Waals surface area contributed by atoms with Gasteiger partial charge in [0.1, 0.15) is 0 Å². The van der Waals surface area contributed by atoms with Gasteiger partial charge < -0.3 is 14.5 Å². The predicted molar refractivity (Wildman–Crippen MR) is 83.2 cm³/mol. The number of likely N-dealkylation sites (tertiary alicyclic amines) is 2. The molecule has 120 valence electrons. The lowest BCUT2D eigenvalue weighted by molar-refractivity contribution is -0.133. The molecular formula is C17H30N2O2. The van der Waals surface area contributed by atoms with Crippen LogP contribution in [0.1, 0.15) is 51.4 Å². The SMILES string of the molecule is O=C(C[C@H]1CCOC1)N1CCC(N2CCCCCC2)CC1. The van der Waals surface area contributed by atoms with Crippen molar-refractivity contribution >= 4 is 5.91 Å². The third kappa shape index (κ3) is 4.19. The second-order valence-electron chi connectivity index (χ2n) is 7.00. The number of hydrogen-bond donors (Lipinski definition) is 0. The number of hydrogen-bond acceptors (Lipinski definition) is 3. The van der Waals surface area contributed by atoms with Crippen LogP contribution in [0.3, 0.4) is 0 Å². The van der Waals surface area contributed by atoms with Crippen molar-refractivity contribution in [3.05, 3.63) is 0 Å². The first kappa shape index (κ1) is 15.3. The Bertz CT molecular complexity index is 326. The fourth-order valence-electron chi connectivity index (χ4n) is 4.06. The highest BCUT2D eigenvalue weighted by Gasteiger charge is 2.28. The Kier molecular flexibility index (Phi) is 5.53. The van der Waals surface area contributed by atoms with Crippen molar-refractivity contribution in [2.24, 2.45) is 5.92 Å². The fourth-order valence-corrected chi connectivity index (χ4v) is 4.06. The van der Waals surface area contributed by atoms with E-state index in [-0.39, 0.29) is 0 Å². The van der Waals surface area contributed by atoms with E-state index in [0.29, 0.717) is 18.2 Å². The topological polar surface area (TPSA) is 32.8 Å². The zero-order chi connectivity index (χ0) is 14.5. The third-order valence-corrected chi connectivity index (χ3v) is 5.46. The molecule has 21 heavy (non-hydrogen) atoms. The molecule has 0 aromatic rings. The van der Waals surface area contributed by atoms with E-state index < -0.39 is 0 Å². The molecule has 0 spiro atoms. The summed E-state index contributed by atoms with van der Waals surface area (Å²) >= 11 is 0. The number of nitrogens with zero attached hydrogens (tertiary/aromatic N) is 2. The van der Waals surface area contributed by atoms with Crippen LogP contribution in [0.25, 0.3) is 0 Å². The molecule has 3 heterocycles. The Balaban J connectivity index is 1.42. The molecule has 0 aliphatic carbocycles. The van der Waals surface area contributed by atoms with E-state index >= 15 is 0 Å². The van der Waals surface area contributed by atoms with Crippen molar-refractivity contribution in [2.75, 3.05) is 39.4 Å². The summed E-state index contributed by atoms with van der Waals surface area (Å²) in [5.41, 5.74) is 0. The maximum Gasteiger partial charge on any atom is 0.222 e. The molecule has 0 radical (unpaired) electrons. The van der Waals surface area contributed by atoms with Gasteiger partial charge in [-0.3, -0.25) is 4.79 Å². The Morgan fingerprint density at radius 3 is 2.29 bits per heavy atom. The largest absolute Gasteiger partial charge is 0.381 e. The second kappa shape index (κ2) is 7.59. The minimum Gasteiger partial charge on any atom is -0.381 e. The normalized spacial score (nSPS) is 29.5. The number of piperidine rings is 1. The summed E-state index contributed by atoms with van der Waals surface area (Å²) in [6.45, 7) is 6.11. The molecule has 3 saturated heterocycles. The first-order valence-electron chi connectivity index (χ1n) is 8.92. The summed E-state index contributed by atoms with van der Waals surface area (Å²) in [5, 5.41) is 0. The molecule has 3 rings (SSSR count). The molecule has 0 unspecified atom stereocenters. The highest BCUT2D eigenvalue weighted by atomic mass is 16.5. The molecule has 0 aromatic carbocycles. The van der Waals surface area contributed by atoms with Crippen LogP contribution in [-0.4, -0.2) is 61.1 Å². The first-order valence-corrected chi connectivity index (χ1v) is 8.92. The highest BCUT2D eigenvalue weighted by Crippen LogP contribution is 2.23. The van der Waals surface area contributed by atoms with Crippen molar-refractivity contribution in [1.82, 2.24) is 9.80 Å². The average Bonchev–Trinajstić information content (AvgIpc) is 2.87. The van der Waals surface area contributed by atoms with E-state index in [9.17, 15) is 4.79 Å². The van der Waals surface area contributed by atoms with Crippen molar-refractivity contribution in [2.45, 2.75) is 57.4 Å². The molecule has 0 N–H and O–H groups in total. The highest BCUT2D eigenvalue weighted by molar-refractivity contribution is 5.76. The lowest BCUT2D eigenvalue weighted by Gasteiger charge is -2.38. The summed E-state index contributed by atoms with van der Waals surface area (Å²) < 4.78 is 5.38. The zero-order valence-corrected chi connectivity index (χ0v) is 13.3. The van der Waals surface area contributed by atoms with E-state index in [4.69, 9.17) is 4.74 Å². The predicted octanol–water partition coefficient (Wildman–Crippen LogP) is 2.28. The van der Waals surface area contributed by atoms with Crippen LogP contribution in [-0.2, 0) is 9.53 Å². The smallest absolute Gasteiger partial charge is 0.222 e. The molecule has 4 heteroatoms. The number of amides is 1. The summed E-state index contributed by atoms with van der Waals surface area (Å²) in [4.78, 5) is 17.1. The Morgan fingerprint density at radius 2 is 1.67 bits per heavy atom. The van der Waals surface area contributed by atoms with Gasteiger partial charge in [-0.2, -0.15) is 0 Å². The lowest BCUT2D eigenvalue weighted by Crippen LogP contribution is -2.47. The number of ether oxygens (including phenoxy) is 1. The van der Waals surface area contributed by atoms with Crippen LogP contribution in [0.5, 0.6) is 0 Å². The minimum absolute atomic E-state index is 0.361. The Hall–Kier alpha value is -0.610. The van der Waals surface area contributed by atoms with Crippen LogP contribution in [0.15, 0.2) is 0 Å².